The highest BCUT2D eigenvalue weighted by atomic mass is 16.6. The third-order valence-electron chi connectivity index (χ3n) is 4.32. The van der Waals surface area contributed by atoms with Crippen molar-refractivity contribution in [2.45, 2.75) is 51.5 Å². The molecular formula is C15H23N3O3. The average molecular weight is 293 g/mol. The van der Waals surface area contributed by atoms with Gasteiger partial charge in [0.1, 0.15) is 12.1 Å². The lowest BCUT2D eigenvalue weighted by atomic mass is 9.97. The molecule has 2 aliphatic heterocycles. The minimum absolute atomic E-state index is 0.0217. The van der Waals surface area contributed by atoms with E-state index >= 15 is 0 Å². The van der Waals surface area contributed by atoms with Crippen LogP contribution in [0.2, 0.25) is 0 Å². The topological polar surface area (TPSA) is 65.4 Å². The van der Waals surface area contributed by atoms with Crippen molar-refractivity contribution in [1.82, 2.24) is 15.1 Å². The van der Waals surface area contributed by atoms with E-state index < -0.39 is 0 Å². The van der Waals surface area contributed by atoms with Crippen LogP contribution >= 0.6 is 0 Å². The fraction of sp³-hybridized carbons (Fsp3) is 0.733. The summed E-state index contributed by atoms with van der Waals surface area (Å²) in [6.45, 7) is 6.40. The summed E-state index contributed by atoms with van der Waals surface area (Å²) >= 11 is 0. The van der Waals surface area contributed by atoms with Gasteiger partial charge in [-0.2, -0.15) is 5.10 Å². The maximum absolute atomic E-state index is 11.7. The first-order valence-corrected chi connectivity index (χ1v) is 7.75. The monoisotopic (exact) mass is 293 g/mol. The smallest absolute Gasteiger partial charge is 0.323 e. The summed E-state index contributed by atoms with van der Waals surface area (Å²) in [7, 11) is 0. The number of rotatable bonds is 5. The fourth-order valence-electron chi connectivity index (χ4n) is 3.13. The van der Waals surface area contributed by atoms with Gasteiger partial charge in [-0.15, -0.1) is 0 Å². The van der Waals surface area contributed by atoms with Crippen LogP contribution in [0.25, 0.3) is 0 Å². The van der Waals surface area contributed by atoms with Crippen molar-refractivity contribution in [3.63, 3.8) is 0 Å². The highest BCUT2D eigenvalue weighted by Crippen LogP contribution is 2.34. The van der Waals surface area contributed by atoms with Crippen LogP contribution in [-0.2, 0) is 20.8 Å². The zero-order chi connectivity index (χ0) is 14.8. The van der Waals surface area contributed by atoms with Gasteiger partial charge >= 0.3 is 5.97 Å². The molecule has 6 nitrogen and oxygen atoms in total. The summed E-state index contributed by atoms with van der Waals surface area (Å²) in [5.74, 6) is 0.250. The number of nitrogens with one attached hydrogen (secondary N) is 1. The number of carbonyl (C=O) groups is 1. The minimum atomic E-state index is -0.167. The molecule has 1 N–H and O–H groups in total. The number of ether oxygens (including phenoxy) is 2. The Morgan fingerprint density at radius 1 is 1.52 bits per heavy atom. The van der Waals surface area contributed by atoms with Crippen LogP contribution in [0.3, 0.4) is 0 Å². The fourth-order valence-corrected chi connectivity index (χ4v) is 3.13. The molecule has 0 aliphatic carbocycles. The molecule has 21 heavy (non-hydrogen) atoms. The first-order valence-electron chi connectivity index (χ1n) is 7.75. The maximum Gasteiger partial charge on any atom is 0.323 e. The second kappa shape index (κ2) is 6.15. The van der Waals surface area contributed by atoms with Gasteiger partial charge in [-0.1, -0.05) is 0 Å². The SMILES string of the molecule is CCn1cc([C@@H]2OCC[C@@H]2CN[C@H]2C[C@@H](C)OC2=O)cn1. The highest BCUT2D eigenvalue weighted by molar-refractivity contribution is 5.77. The lowest BCUT2D eigenvalue weighted by Gasteiger charge is -2.19. The van der Waals surface area contributed by atoms with Crippen LogP contribution in [-0.4, -0.2) is 41.0 Å². The number of esters is 1. The number of cyclic esters (lactones) is 1. The minimum Gasteiger partial charge on any atom is -0.461 e. The Bertz CT molecular complexity index is 502. The molecule has 1 aromatic heterocycles. The van der Waals surface area contributed by atoms with E-state index in [1.807, 2.05) is 17.8 Å². The first-order chi connectivity index (χ1) is 10.2. The zero-order valence-corrected chi connectivity index (χ0v) is 12.6. The predicted octanol–water partition coefficient (Wildman–Crippen LogP) is 1.27. The van der Waals surface area contributed by atoms with Gasteiger partial charge in [-0.3, -0.25) is 9.48 Å². The molecule has 2 fully saturated rings. The van der Waals surface area contributed by atoms with Crippen molar-refractivity contribution in [2.75, 3.05) is 13.2 Å². The molecule has 4 atom stereocenters. The molecule has 0 aromatic carbocycles. The lowest BCUT2D eigenvalue weighted by molar-refractivity contribution is -0.142. The molecule has 6 heteroatoms. The molecule has 0 spiro atoms. The van der Waals surface area contributed by atoms with Gasteiger partial charge in [0.25, 0.3) is 0 Å². The predicted molar refractivity (Wildman–Crippen MR) is 76.7 cm³/mol. The van der Waals surface area contributed by atoms with Crippen molar-refractivity contribution in [3.05, 3.63) is 18.0 Å². The summed E-state index contributed by atoms with van der Waals surface area (Å²) in [5.41, 5.74) is 1.13. The molecule has 1 aromatic rings. The van der Waals surface area contributed by atoms with Gasteiger partial charge < -0.3 is 14.8 Å². The molecule has 0 radical (unpaired) electrons. The standard InChI is InChI=1S/C15H23N3O3/c1-3-18-9-12(8-17-18)14-11(4-5-20-14)7-16-13-6-10(2)21-15(13)19/h8-11,13-14,16H,3-7H2,1-2H3/t10-,11-,13+,14-/m1/s1. The first kappa shape index (κ1) is 14.5. The second-order valence-corrected chi connectivity index (χ2v) is 5.91. The van der Waals surface area contributed by atoms with Crippen molar-refractivity contribution < 1.29 is 14.3 Å². The van der Waals surface area contributed by atoms with E-state index in [1.165, 1.54) is 0 Å². The van der Waals surface area contributed by atoms with Gasteiger partial charge in [0.15, 0.2) is 0 Å². The molecular weight excluding hydrogens is 270 g/mol. The Balaban J connectivity index is 1.58. The summed E-state index contributed by atoms with van der Waals surface area (Å²) in [6, 6.07) is -0.167. The van der Waals surface area contributed by atoms with Crippen LogP contribution in [0, 0.1) is 5.92 Å². The number of aromatic nitrogens is 2. The van der Waals surface area contributed by atoms with E-state index in [2.05, 4.69) is 23.5 Å². The van der Waals surface area contributed by atoms with Crippen molar-refractivity contribution in [1.29, 1.82) is 0 Å². The van der Waals surface area contributed by atoms with Gasteiger partial charge in [0.2, 0.25) is 0 Å². The van der Waals surface area contributed by atoms with Gasteiger partial charge in [-0.25, -0.2) is 0 Å². The third kappa shape index (κ3) is 3.11. The normalized spacial score (nSPS) is 32.6. The Labute approximate surface area is 124 Å². The summed E-state index contributed by atoms with van der Waals surface area (Å²) in [6.07, 6.45) is 5.80. The number of hydrogen-bond acceptors (Lipinski definition) is 5. The van der Waals surface area contributed by atoms with E-state index in [-0.39, 0.29) is 24.2 Å². The van der Waals surface area contributed by atoms with Crippen LogP contribution in [0.5, 0.6) is 0 Å². The average Bonchev–Trinajstić information content (AvgIpc) is 3.15. The second-order valence-electron chi connectivity index (χ2n) is 5.91. The zero-order valence-electron chi connectivity index (χ0n) is 12.6. The van der Waals surface area contributed by atoms with Crippen LogP contribution in [0.1, 0.15) is 38.4 Å². The van der Waals surface area contributed by atoms with Crippen molar-refractivity contribution >= 4 is 5.97 Å². The largest absolute Gasteiger partial charge is 0.461 e. The van der Waals surface area contributed by atoms with Gasteiger partial charge in [0, 0.05) is 43.8 Å². The van der Waals surface area contributed by atoms with E-state index in [0.29, 0.717) is 5.92 Å². The van der Waals surface area contributed by atoms with Crippen LogP contribution in [0.15, 0.2) is 12.4 Å². The van der Waals surface area contributed by atoms with Gasteiger partial charge in [-0.05, 0) is 20.3 Å². The highest BCUT2D eigenvalue weighted by Gasteiger charge is 2.35. The van der Waals surface area contributed by atoms with Crippen molar-refractivity contribution in [2.24, 2.45) is 5.92 Å². The molecule has 116 valence electrons. The third-order valence-corrected chi connectivity index (χ3v) is 4.32. The van der Waals surface area contributed by atoms with E-state index in [0.717, 1.165) is 38.1 Å². The van der Waals surface area contributed by atoms with E-state index in [4.69, 9.17) is 9.47 Å². The van der Waals surface area contributed by atoms with Crippen molar-refractivity contribution in [3.8, 4) is 0 Å². The summed E-state index contributed by atoms with van der Waals surface area (Å²) in [5, 5.41) is 7.66. The van der Waals surface area contributed by atoms with Crippen LogP contribution in [0.4, 0.5) is 0 Å². The van der Waals surface area contributed by atoms with Crippen LogP contribution < -0.4 is 5.32 Å². The molecule has 3 rings (SSSR count). The molecule has 0 amide bonds. The molecule has 0 bridgehead atoms. The Kier molecular flexibility index (Phi) is 4.26. The summed E-state index contributed by atoms with van der Waals surface area (Å²) in [4.78, 5) is 11.7. The Morgan fingerprint density at radius 3 is 3.05 bits per heavy atom. The maximum atomic E-state index is 11.7. The van der Waals surface area contributed by atoms with E-state index in [9.17, 15) is 4.79 Å². The van der Waals surface area contributed by atoms with Gasteiger partial charge in [0.05, 0.1) is 12.3 Å². The summed E-state index contributed by atoms with van der Waals surface area (Å²) < 4.78 is 12.9. The number of aryl methyl sites for hydroxylation is 1. The molecule has 3 heterocycles. The van der Waals surface area contributed by atoms with E-state index in [1.54, 1.807) is 0 Å². The molecule has 2 saturated heterocycles. The Hall–Kier alpha value is -1.40. The quantitative estimate of drug-likeness (QED) is 0.828. The Morgan fingerprint density at radius 2 is 2.38 bits per heavy atom. The number of nitrogens with zero attached hydrogens (tertiary/aromatic N) is 2. The number of hydrogen-bond donors (Lipinski definition) is 1. The lowest BCUT2D eigenvalue weighted by Crippen LogP contribution is -2.37. The molecule has 0 saturated carbocycles. The molecule has 0 unspecified atom stereocenters. The molecule has 2 aliphatic rings. The number of carbonyl (C=O) groups excluding carboxylic acids is 1.